The fourth-order valence-electron chi connectivity index (χ4n) is 3.64. The molecule has 0 spiro atoms. The van der Waals surface area contributed by atoms with Crippen LogP contribution in [0.25, 0.3) is 0 Å². The Kier molecular flexibility index (Phi) is 6.72. The molecule has 2 aromatic rings. The lowest BCUT2D eigenvalue weighted by atomic mass is 10.1. The second kappa shape index (κ2) is 9.85. The number of pyridine rings is 2. The molecule has 0 radical (unpaired) electrons. The first kappa shape index (κ1) is 22.5. The van der Waals surface area contributed by atoms with Gasteiger partial charge in [-0.3, -0.25) is 25.6 Å². The smallest absolute Gasteiger partial charge is 0.275 e. The highest BCUT2D eigenvalue weighted by Crippen LogP contribution is 2.31. The van der Waals surface area contributed by atoms with E-state index in [0.717, 1.165) is 29.7 Å². The highest BCUT2D eigenvalue weighted by molar-refractivity contribution is 6.04. The summed E-state index contributed by atoms with van der Waals surface area (Å²) in [4.78, 5) is 27.5. The van der Waals surface area contributed by atoms with Crippen LogP contribution in [0, 0.1) is 23.7 Å². The number of hydrogen-bond acceptors (Lipinski definition) is 6. The Morgan fingerprint density at radius 2 is 2.06 bits per heavy atom. The van der Waals surface area contributed by atoms with Gasteiger partial charge in [-0.15, -0.1) is 0 Å². The third-order valence-electron chi connectivity index (χ3n) is 5.90. The standard InChI is InChI=1S/C25H29N7O/c1-16-14-29-22(13-18(16)5-3-6-20(28-2)17-9-10-17)25(33)31-23-8-4-7-21(30-23)24(27)32(15-26)19-11-12-19/h3-4,6-8,13-15,17,19,26-27H,5,9-12H2,1-2H3,(H,30,31,33)/b6-3-,26-15?,27-24?,28-20+. The van der Waals surface area contributed by atoms with Crippen molar-refractivity contribution in [3.05, 3.63) is 65.1 Å². The molecule has 2 aliphatic rings. The van der Waals surface area contributed by atoms with Crippen LogP contribution in [0.2, 0.25) is 0 Å². The zero-order chi connectivity index (χ0) is 23.4. The Morgan fingerprint density at radius 1 is 1.27 bits per heavy atom. The monoisotopic (exact) mass is 443 g/mol. The number of aromatic nitrogens is 2. The van der Waals surface area contributed by atoms with Crippen molar-refractivity contribution in [3.8, 4) is 0 Å². The molecule has 2 aromatic heterocycles. The molecule has 33 heavy (non-hydrogen) atoms. The zero-order valence-corrected chi connectivity index (χ0v) is 19.0. The van der Waals surface area contributed by atoms with Crippen LogP contribution in [0.5, 0.6) is 0 Å². The van der Waals surface area contributed by atoms with Crippen LogP contribution >= 0.6 is 0 Å². The number of aryl methyl sites for hydroxylation is 1. The first-order valence-corrected chi connectivity index (χ1v) is 11.2. The second-order valence-corrected chi connectivity index (χ2v) is 8.50. The SMILES string of the molecule is C/N=C(\C=C/Cc1cc(C(=O)Nc2cccc(C(=N)N(C=N)C3CC3)n2)ncc1C)C1CC1. The largest absolute Gasteiger partial charge is 0.313 e. The van der Waals surface area contributed by atoms with E-state index < -0.39 is 0 Å². The molecule has 2 fully saturated rings. The van der Waals surface area contributed by atoms with E-state index in [4.69, 9.17) is 10.8 Å². The molecule has 3 N–H and O–H groups in total. The van der Waals surface area contributed by atoms with Crippen molar-refractivity contribution in [2.75, 3.05) is 12.4 Å². The van der Waals surface area contributed by atoms with E-state index >= 15 is 0 Å². The van der Waals surface area contributed by atoms with Crippen LogP contribution in [0.15, 0.2) is 47.6 Å². The maximum absolute atomic E-state index is 12.8. The molecule has 0 atom stereocenters. The molecule has 2 aliphatic carbocycles. The number of nitrogens with one attached hydrogen (secondary N) is 3. The van der Waals surface area contributed by atoms with Crippen LogP contribution in [0.1, 0.15) is 53.0 Å². The molecule has 0 aromatic carbocycles. The maximum Gasteiger partial charge on any atom is 0.275 e. The van der Waals surface area contributed by atoms with E-state index in [1.807, 2.05) is 20.0 Å². The van der Waals surface area contributed by atoms with Crippen LogP contribution in [-0.2, 0) is 6.42 Å². The van der Waals surface area contributed by atoms with Gasteiger partial charge in [0.1, 0.15) is 17.2 Å². The molecule has 170 valence electrons. The summed E-state index contributed by atoms with van der Waals surface area (Å²) < 4.78 is 0. The predicted molar refractivity (Wildman–Crippen MR) is 131 cm³/mol. The van der Waals surface area contributed by atoms with Gasteiger partial charge < -0.3 is 10.2 Å². The third-order valence-corrected chi connectivity index (χ3v) is 5.90. The van der Waals surface area contributed by atoms with Crippen molar-refractivity contribution in [1.29, 1.82) is 10.8 Å². The second-order valence-electron chi connectivity index (χ2n) is 8.50. The fourth-order valence-corrected chi connectivity index (χ4v) is 3.64. The molecule has 2 saturated carbocycles. The number of hydrogen-bond donors (Lipinski definition) is 3. The highest BCUT2D eigenvalue weighted by atomic mass is 16.1. The molecule has 8 heteroatoms. The number of amides is 1. The van der Waals surface area contributed by atoms with E-state index in [9.17, 15) is 4.79 Å². The van der Waals surface area contributed by atoms with Gasteiger partial charge in [-0.1, -0.05) is 12.1 Å². The van der Waals surface area contributed by atoms with Gasteiger partial charge in [-0.25, -0.2) is 4.98 Å². The van der Waals surface area contributed by atoms with E-state index in [1.165, 1.54) is 19.2 Å². The van der Waals surface area contributed by atoms with Gasteiger partial charge in [0.25, 0.3) is 5.91 Å². The van der Waals surface area contributed by atoms with Gasteiger partial charge in [-0.2, -0.15) is 0 Å². The van der Waals surface area contributed by atoms with Gasteiger partial charge in [0.2, 0.25) is 0 Å². The normalized spacial score (nSPS) is 16.0. The van der Waals surface area contributed by atoms with Crippen molar-refractivity contribution in [2.45, 2.75) is 45.1 Å². The summed E-state index contributed by atoms with van der Waals surface area (Å²) in [5.74, 6) is 0.759. The van der Waals surface area contributed by atoms with Gasteiger partial charge in [0.05, 0.1) is 6.34 Å². The van der Waals surface area contributed by atoms with E-state index in [0.29, 0.717) is 29.5 Å². The highest BCUT2D eigenvalue weighted by Gasteiger charge is 2.30. The summed E-state index contributed by atoms with van der Waals surface area (Å²) >= 11 is 0. The molecule has 2 heterocycles. The van der Waals surface area contributed by atoms with Crippen molar-refractivity contribution >= 4 is 29.6 Å². The van der Waals surface area contributed by atoms with Crippen molar-refractivity contribution in [3.63, 3.8) is 0 Å². The molecule has 0 bridgehead atoms. The lowest BCUT2D eigenvalue weighted by Crippen LogP contribution is -2.32. The van der Waals surface area contributed by atoms with Crippen molar-refractivity contribution < 1.29 is 4.79 Å². The molecule has 4 rings (SSSR count). The average molecular weight is 444 g/mol. The summed E-state index contributed by atoms with van der Waals surface area (Å²) in [6, 6.07) is 7.14. The molecular formula is C25H29N7O. The van der Waals surface area contributed by atoms with Crippen LogP contribution in [0.3, 0.4) is 0 Å². The van der Waals surface area contributed by atoms with Gasteiger partial charge >= 0.3 is 0 Å². The van der Waals surface area contributed by atoms with Gasteiger partial charge in [-0.05, 0) is 74.4 Å². The number of aliphatic imine (C=N–C) groups is 1. The molecule has 1 amide bonds. The first-order valence-electron chi connectivity index (χ1n) is 11.2. The predicted octanol–water partition coefficient (Wildman–Crippen LogP) is 4.01. The summed E-state index contributed by atoms with van der Waals surface area (Å²) in [6.45, 7) is 1.99. The quantitative estimate of drug-likeness (QED) is 0.401. The summed E-state index contributed by atoms with van der Waals surface area (Å²) in [5, 5.41) is 18.7. The number of carbonyl (C=O) groups is 1. The summed E-state index contributed by atoms with van der Waals surface area (Å²) in [6.07, 6.45) is 12.1. The third kappa shape index (κ3) is 5.58. The van der Waals surface area contributed by atoms with Crippen LogP contribution < -0.4 is 5.32 Å². The fraction of sp³-hybridized carbons (Fsp3) is 0.360. The topological polar surface area (TPSA) is 118 Å². The number of nitrogens with zero attached hydrogens (tertiary/aromatic N) is 4. The number of amidine groups is 1. The number of anilines is 1. The minimum absolute atomic E-state index is 0.160. The summed E-state index contributed by atoms with van der Waals surface area (Å²) in [5.41, 5.74) is 3.93. The van der Waals surface area contributed by atoms with Crippen molar-refractivity contribution in [1.82, 2.24) is 14.9 Å². The number of carbonyl (C=O) groups excluding carboxylic acids is 1. The average Bonchev–Trinajstić information content (AvgIpc) is 3.73. The minimum atomic E-state index is -0.351. The van der Waals surface area contributed by atoms with Gasteiger partial charge in [0, 0.05) is 30.9 Å². The Labute approximate surface area is 193 Å². The summed E-state index contributed by atoms with van der Waals surface area (Å²) in [7, 11) is 1.83. The van der Waals surface area contributed by atoms with Crippen LogP contribution in [0.4, 0.5) is 5.82 Å². The van der Waals surface area contributed by atoms with E-state index in [2.05, 4.69) is 32.4 Å². The van der Waals surface area contributed by atoms with Gasteiger partial charge in [0.15, 0.2) is 5.84 Å². The number of rotatable bonds is 9. The Balaban J connectivity index is 1.44. The lowest BCUT2D eigenvalue weighted by Gasteiger charge is -2.18. The number of allylic oxidation sites excluding steroid dienone is 2. The maximum atomic E-state index is 12.8. The molecular weight excluding hydrogens is 414 g/mol. The molecule has 0 aliphatic heterocycles. The van der Waals surface area contributed by atoms with E-state index in [1.54, 1.807) is 29.3 Å². The Hall–Kier alpha value is -3.68. The first-order chi connectivity index (χ1) is 16.0. The van der Waals surface area contributed by atoms with Crippen molar-refractivity contribution in [2.24, 2.45) is 10.9 Å². The zero-order valence-electron chi connectivity index (χ0n) is 19.0. The Bertz CT molecular complexity index is 1130. The lowest BCUT2D eigenvalue weighted by molar-refractivity contribution is 0.102. The Morgan fingerprint density at radius 3 is 2.73 bits per heavy atom. The molecule has 0 unspecified atom stereocenters. The minimum Gasteiger partial charge on any atom is -0.313 e. The molecule has 0 saturated heterocycles. The van der Waals surface area contributed by atoms with Crippen LogP contribution in [-0.4, -0.2) is 51.8 Å². The van der Waals surface area contributed by atoms with E-state index in [-0.39, 0.29) is 17.8 Å². The molecule has 8 nitrogen and oxygen atoms in total.